The Morgan fingerprint density at radius 3 is 2.74 bits per heavy atom. The summed E-state index contributed by atoms with van der Waals surface area (Å²) in [5.41, 5.74) is 0.796. The molecule has 10 nitrogen and oxygen atoms in total. The highest BCUT2D eigenvalue weighted by Gasteiger charge is 2.24. The van der Waals surface area contributed by atoms with Crippen molar-refractivity contribution in [1.82, 2.24) is 29.7 Å². The van der Waals surface area contributed by atoms with E-state index in [1.165, 1.54) is 4.57 Å². The summed E-state index contributed by atoms with van der Waals surface area (Å²) >= 11 is 1.72. The molecule has 0 unspecified atom stereocenters. The third-order valence-electron chi connectivity index (χ3n) is 5.45. The first-order valence-corrected chi connectivity index (χ1v) is 11.3. The molecule has 2 fully saturated rings. The molecule has 2 saturated heterocycles. The van der Waals surface area contributed by atoms with Crippen molar-refractivity contribution in [3.8, 4) is 11.8 Å². The number of anilines is 1. The summed E-state index contributed by atoms with van der Waals surface area (Å²) in [6.45, 7) is 4.03. The van der Waals surface area contributed by atoms with Gasteiger partial charge in [-0.05, 0) is 12.1 Å². The molecule has 2 aliphatic rings. The average Bonchev–Trinajstić information content (AvgIpc) is 3.48. The van der Waals surface area contributed by atoms with Gasteiger partial charge in [-0.15, -0.1) is 11.8 Å². The number of rotatable bonds is 4. The number of para-hydroxylation sites is 1. The maximum absolute atomic E-state index is 12.9. The second kappa shape index (κ2) is 8.23. The average molecular weight is 442 g/mol. The lowest BCUT2D eigenvalue weighted by Gasteiger charge is -2.26. The van der Waals surface area contributed by atoms with Crippen molar-refractivity contribution in [3.63, 3.8) is 0 Å². The lowest BCUT2D eigenvalue weighted by molar-refractivity contribution is 0.0800. The Hall–Kier alpha value is -3.05. The summed E-state index contributed by atoms with van der Waals surface area (Å²) in [6.07, 6.45) is 0. The Balaban J connectivity index is 1.49. The maximum Gasteiger partial charge on any atom is 0.306 e. The number of nitrogens with zero attached hydrogens (tertiary/aromatic N) is 5. The van der Waals surface area contributed by atoms with E-state index in [0.717, 1.165) is 31.9 Å². The Labute approximate surface area is 182 Å². The van der Waals surface area contributed by atoms with E-state index in [9.17, 15) is 9.59 Å². The number of aromatic nitrogens is 4. The molecule has 0 spiro atoms. The largest absolute Gasteiger partial charge is 0.425 e. The number of aromatic amines is 1. The summed E-state index contributed by atoms with van der Waals surface area (Å²) < 4.78 is 7.31. The summed E-state index contributed by atoms with van der Waals surface area (Å²) in [7, 11) is 1.59. The number of carbonyl (C=O) groups is 1. The van der Waals surface area contributed by atoms with Gasteiger partial charge in [-0.1, -0.05) is 12.1 Å². The number of benzene rings is 1. The van der Waals surface area contributed by atoms with Crippen molar-refractivity contribution < 1.29 is 9.53 Å². The van der Waals surface area contributed by atoms with Crippen LogP contribution >= 0.6 is 11.8 Å². The number of carbonyl (C=O) groups excluding carboxylic acids is 1. The molecule has 0 atom stereocenters. The molecule has 2 aliphatic heterocycles. The van der Waals surface area contributed by atoms with Crippen molar-refractivity contribution in [3.05, 3.63) is 40.2 Å². The molecule has 31 heavy (non-hydrogen) atoms. The zero-order chi connectivity index (χ0) is 21.4. The fraction of sp³-hybridized carbons (Fsp3) is 0.400. The number of piperazine rings is 1. The van der Waals surface area contributed by atoms with Crippen LogP contribution in [-0.4, -0.2) is 74.7 Å². The number of imidazole rings is 1. The highest BCUT2D eigenvalue weighted by Crippen LogP contribution is 2.27. The smallest absolute Gasteiger partial charge is 0.306 e. The van der Waals surface area contributed by atoms with Crippen LogP contribution in [0.4, 0.5) is 5.95 Å². The van der Waals surface area contributed by atoms with Gasteiger partial charge in [-0.2, -0.15) is 9.97 Å². The lowest BCUT2D eigenvalue weighted by Crippen LogP contribution is -2.44. The minimum atomic E-state index is -0.284. The number of nitrogens with one attached hydrogen (secondary N) is 2. The molecule has 3 aromatic rings. The topological polar surface area (TPSA) is 108 Å². The standard InChI is InChI=1S/C20H23N7O3S/c1-25-18(29)15-16(23-19(22-15)26-8-6-21-7-9-26)24-20(25)30-14-5-3-2-4-13(14)17(28)27-10-11-31-12-27/h2-5,21H,6-12H2,1H3,(H,22,23). The van der Waals surface area contributed by atoms with Crippen LogP contribution in [0, 0.1) is 0 Å². The van der Waals surface area contributed by atoms with Gasteiger partial charge in [0.2, 0.25) is 5.95 Å². The number of thioether (sulfide) groups is 1. The third-order valence-corrected chi connectivity index (χ3v) is 6.42. The summed E-state index contributed by atoms with van der Waals surface area (Å²) in [5, 5.41) is 3.29. The van der Waals surface area contributed by atoms with Crippen LogP contribution in [0.3, 0.4) is 0 Å². The first kappa shape index (κ1) is 19.9. The summed E-state index contributed by atoms with van der Waals surface area (Å²) in [4.78, 5) is 41.8. The van der Waals surface area contributed by atoms with Gasteiger partial charge >= 0.3 is 6.01 Å². The van der Waals surface area contributed by atoms with Gasteiger partial charge in [0.15, 0.2) is 11.2 Å². The fourth-order valence-electron chi connectivity index (χ4n) is 3.69. The second-order valence-corrected chi connectivity index (χ2v) is 8.53. The van der Waals surface area contributed by atoms with Gasteiger partial charge in [0.25, 0.3) is 11.5 Å². The number of H-pyrrole nitrogens is 1. The minimum absolute atomic E-state index is 0.0897. The zero-order valence-corrected chi connectivity index (χ0v) is 17.9. The van der Waals surface area contributed by atoms with Crippen molar-refractivity contribution in [1.29, 1.82) is 0 Å². The number of hydrogen-bond donors (Lipinski definition) is 2. The van der Waals surface area contributed by atoms with E-state index in [0.29, 0.717) is 40.8 Å². The zero-order valence-electron chi connectivity index (χ0n) is 17.1. The quantitative estimate of drug-likeness (QED) is 0.618. The Bertz CT molecular complexity index is 1180. The van der Waals surface area contributed by atoms with Gasteiger partial charge in [0, 0.05) is 45.5 Å². The SMILES string of the molecule is Cn1c(Oc2ccccc2C(=O)N2CCSC2)nc2nc(N3CCNCC3)[nH]c2c1=O. The number of hydrogen-bond acceptors (Lipinski definition) is 8. The van der Waals surface area contributed by atoms with Crippen LogP contribution in [0.5, 0.6) is 11.8 Å². The number of ether oxygens (including phenoxy) is 1. The molecule has 2 N–H and O–H groups in total. The summed E-state index contributed by atoms with van der Waals surface area (Å²) in [6, 6.07) is 7.12. The van der Waals surface area contributed by atoms with Crippen molar-refractivity contribution in [2.24, 2.45) is 7.05 Å². The third kappa shape index (κ3) is 3.74. The van der Waals surface area contributed by atoms with E-state index >= 15 is 0 Å². The minimum Gasteiger partial charge on any atom is -0.425 e. The second-order valence-electron chi connectivity index (χ2n) is 7.46. The van der Waals surface area contributed by atoms with Crippen LogP contribution in [0.1, 0.15) is 10.4 Å². The molecule has 11 heteroatoms. The van der Waals surface area contributed by atoms with E-state index in [2.05, 4.69) is 25.2 Å². The van der Waals surface area contributed by atoms with E-state index in [4.69, 9.17) is 4.74 Å². The van der Waals surface area contributed by atoms with E-state index < -0.39 is 0 Å². The van der Waals surface area contributed by atoms with Gasteiger partial charge in [0.05, 0.1) is 11.4 Å². The highest BCUT2D eigenvalue weighted by atomic mass is 32.2. The molecule has 1 aromatic carbocycles. The molecule has 0 aliphatic carbocycles. The predicted octanol–water partition coefficient (Wildman–Crippen LogP) is 1.00. The van der Waals surface area contributed by atoms with Crippen LogP contribution in [0.25, 0.3) is 11.2 Å². The van der Waals surface area contributed by atoms with Crippen LogP contribution in [0.15, 0.2) is 29.1 Å². The predicted molar refractivity (Wildman–Crippen MR) is 119 cm³/mol. The normalized spacial score (nSPS) is 16.8. The van der Waals surface area contributed by atoms with E-state index in [-0.39, 0.29) is 17.5 Å². The van der Waals surface area contributed by atoms with Crippen molar-refractivity contribution in [2.45, 2.75) is 0 Å². The van der Waals surface area contributed by atoms with Gasteiger partial charge < -0.3 is 24.8 Å². The van der Waals surface area contributed by atoms with Gasteiger partial charge in [0.1, 0.15) is 5.75 Å². The molecule has 0 radical (unpaired) electrons. The van der Waals surface area contributed by atoms with Crippen LogP contribution in [0.2, 0.25) is 0 Å². The molecule has 4 heterocycles. The molecule has 0 saturated carbocycles. The Kier molecular flexibility index (Phi) is 5.28. The van der Waals surface area contributed by atoms with E-state index in [1.54, 1.807) is 48.0 Å². The Morgan fingerprint density at radius 1 is 1.16 bits per heavy atom. The first-order valence-electron chi connectivity index (χ1n) is 10.2. The van der Waals surface area contributed by atoms with Crippen molar-refractivity contribution in [2.75, 3.05) is 49.3 Å². The molecule has 2 aromatic heterocycles. The first-order chi connectivity index (χ1) is 15.1. The Morgan fingerprint density at radius 2 is 1.97 bits per heavy atom. The van der Waals surface area contributed by atoms with Crippen LogP contribution < -0.4 is 20.5 Å². The maximum atomic E-state index is 12.9. The van der Waals surface area contributed by atoms with Crippen molar-refractivity contribution >= 4 is 34.8 Å². The fourth-order valence-corrected chi connectivity index (χ4v) is 4.64. The van der Waals surface area contributed by atoms with Gasteiger partial charge in [-0.25, -0.2) is 0 Å². The highest BCUT2D eigenvalue weighted by molar-refractivity contribution is 7.99. The van der Waals surface area contributed by atoms with Gasteiger partial charge in [-0.3, -0.25) is 14.2 Å². The molecular formula is C20H23N7O3S. The lowest BCUT2D eigenvalue weighted by atomic mass is 10.2. The van der Waals surface area contributed by atoms with E-state index in [1.807, 2.05) is 0 Å². The molecule has 1 amide bonds. The number of amides is 1. The molecule has 5 rings (SSSR count). The monoisotopic (exact) mass is 441 g/mol. The molecule has 0 bridgehead atoms. The summed E-state index contributed by atoms with van der Waals surface area (Å²) in [5.74, 6) is 2.49. The van der Waals surface area contributed by atoms with Crippen LogP contribution in [-0.2, 0) is 7.05 Å². The molecule has 162 valence electrons. The molecular weight excluding hydrogens is 418 g/mol. The number of fused-ring (bicyclic) bond motifs is 1.